The summed E-state index contributed by atoms with van der Waals surface area (Å²) >= 11 is 0. The summed E-state index contributed by atoms with van der Waals surface area (Å²) in [5.41, 5.74) is 0.615. The molecule has 0 atom stereocenters. The normalized spacial score (nSPS) is 20.0. The number of ether oxygens (including phenoxy) is 1. The van der Waals surface area contributed by atoms with Gasteiger partial charge in [0.05, 0.1) is 6.61 Å². The summed E-state index contributed by atoms with van der Waals surface area (Å²) in [7, 11) is 0. The van der Waals surface area contributed by atoms with Crippen molar-refractivity contribution in [2.75, 3.05) is 13.2 Å². The number of hydrogen-bond donors (Lipinski definition) is 0. The molecule has 12 heavy (non-hydrogen) atoms. The third kappa shape index (κ3) is 3.14. The standard InChI is InChI=1S/C11H22O/c1-4-5-11(6-7-11)9-12-8-10(2)3/h10H,4-9H2,1-3H3. The van der Waals surface area contributed by atoms with Crippen LogP contribution in [0, 0.1) is 11.3 Å². The molecule has 0 bridgehead atoms. The smallest absolute Gasteiger partial charge is 0.0522 e. The average molecular weight is 170 g/mol. The maximum absolute atomic E-state index is 5.67. The molecule has 0 aromatic heterocycles. The maximum atomic E-state index is 5.67. The molecule has 0 heterocycles. The molecule has 0 aromatic rings. The Hall–Kier alpha value is -0.0400. The zero-order valence-corrected chi connectivity index (χ0v) is 8.73. The molecule has 1 fully saturated rings. The Morgan fingerprint density at radius 1 is 1.33 bits per heavy atom. The van der Waals surface area contributed by atoms with Crippen LogP contribution in [0.5, 0.6) is 0 Å². The minimum Gasteiger partial charge on any atom is -0.381 e. The van der Waals surface area contributed by atoms with Crippen molar-refractivity contribution in [3.63, 3.8) is 0 Å². The van der Waals surface area contributed by atoms with Gasteiger partial charge in [-0.2, -0.15) is 0 Å². The van der Waals surface area contributed by atoms with Crippen LogP contribution in [0.3, 0.4) is 0 Å². The molecule has 1 saturated carbocycles. The Bertz CT molecular complexity index is 125. The van der Waals surface area contributed by atoms with E-state index in [-0.39, 0.29) is 0 Å². The van der Waals surface area contributed by atoms with Crippen molar-refractivity contribution in [1.82, 2.24) is 0 Å². The van der Waals surface area contributed by atoms with E-state index in [4.69, 9.17) is 4.74 Å². The number of hydrogen-bond acceptors (Lipinski definition) is 1. The highest BCUT2D eigenvalue weighted by Gasteiger charge is 2.41. The van der Waals surface area contributed by atoms with Gasteiger partial charge in [0, 0.05) is 6.61 Å². The molecule has 0 saturated heterocycles. The largest absolute Gasteiger partial charge is 0.381 e. The second-order valence-corrected chi connectivity index (χ2v) is 4.66. The summed E-state index contributed by atoms with van der Waals surface area (Å²) in [5.74, 6) is 0.683. The molecule has 1 heteroatoms. The van der Waals surface area contributed by atoms with E-state index < -0.39 is 0 Å². The van der Waals surface area contributed by atoms with Gasteiger partial charge in [0.15, 0.2) is 0 Å². The first kappa shape index (κ1) is 10.0. The van der Waals surface area contributed by atoms with Crippen LogP contribution < -0.4 is 0 Å². The van der Waals surface area contributed by atoms with Gasteiger partial charge in [-0.15, -0.1) is 0 Å². The fourth-order valence-electron chi connectivity index (χ4n) is 1.68. The lowest BCUT2D eigenvalue weighted by Crippen LogP contribution is -2.13. The Morgan fingerprint density at radius 2 is 2.00 bits per heavy atom. The van der Waals surface area contributed by atoms with Gasteiger partial charge >= 0.3 is 0 Å². The molecule has 0 unspecified atom stereocenters. The first-order chi connectivity index (χ1) is 5.68. The molecule has 1 aliphatic carbocycles. The molecule has 0 spiro atoms. The third-order valence-corrected chi connectivity index (χ3v) is 2.60. The van der Waals surface area contributed by atoms with Gasteiger partial charge < -0.3 is 4.74 Å². The van der Waals surface area contributed by atoms with E-state index in [1.807, 2.05) is 0 Å². The molecular formula is C11H22O. The Balaban J connectivity index is 2.06. The van der Waals surface area contributed by atoms with E-state index in [0.29, 0.717) is 11.3 Å². The van der Waals surface area contributed by atoms with Gasteiger partial charge in [0.25, 0.3) is 0 Å². The maximum Gasteiger partial charge on any atom is 0.0522 e. The lowest BCUT2D eigenvalue weighted by atomic mass is 10.0. The van der Waals surface area contributed by atoms with Gasteiger partial charge in [0.1, 0.15) is 0 Å². The summed E-state index contributed by atoms with van der Waals surface area (Å²) in [6.07, 6.45) is 5.48. The predicted molar refractivity (Wildman–Crippen MR) is 52.2 cm³/mol. The first-order valence-electron chi connectivity index (χ1n) is 5.26. The molecular weight excluding hydrogens is 148 g/mol. The average Bonchev–Trinajstić information content (AvgIpc) is 2.69. The second kappa shape index (κ2) is 4.27. The lowest BCUT2D eigenvalue weighted by molar-refractivity contribution is 0.0681. The summed E-state index contributed by atoms with van der Waals surface area (Å²) in [4.78, 5) is 0. The molecule has 0 amide bonds. The minimum atomic E-state index is 0.615. The summed E-state index contributed by atoms with van der Waals surface area (Å²) in [5, 5.41) is 0. The zero-order chi connectivity index (χ0) is 9.03. The van der Waals surface area contributed by atoms with Crippen LogP contribution in [0.4, 0.5) is 0 Å². The van der Waals surface area contributed by atoms with Crippen molar-refractivity contribution in [3.8, 4) is 0 Å². The fraction of sp³-hybridized carbons (Fsp3) is 1.00. The molecule has 1 rings (SSSR count). The summed E-state index contributed by atoms with van der Waals surface area (Å²) in [6.45, 7) is 8.63. The van der Waals surface area contributed by atoms with E-state index in [1.54, 1.807) is 0 Å². The molecule has 0 aromatic carbocycles. The van der Waals surface area contributed by atoms with Gasteiger partial charge in [-0.05, 0) is 30.6 Å². The van der Waals surface area contributed by atoms with E-state index in [9.17, 15) is 0 Å². The first-order valence-corrected chi connectivity index (χ1v) is 5.26. The third-order valence-electron chi connectivity index (χ3n) is 2.60. The summed E-state index contributed by atoms with van der Waals surface area (Å²) < 4.78 is 5.67. The lowest BCUT2D eigenvalue weighted by Gasteiger charge is -2.15. The molecule has 72 valence electrons. The summed E-state index contributed by atoms with van der Waals surface area (Å²) in [6, 6.07) is 0. The molecule has 1 nitrogen and oxygen atoms in total. The quantitative estimate of drug-likeness (QED) is 0.594. The van der Waals surface area contributed by atoms with Crippen LogP contribution in [-0.4, -0.2) is 13.2 Å². The van der Waals surface area contributed by atoms with Gasteiger partial charge in [0.2, 0.25) is 0 Å². The fourth-order valence-corrected chi connectivity index (χ4v) is 1.68. The van der Waals surface area contributed by atoms with E-state index in [2.05, 4.69) is 20.8 Å². The van der Waals surface area contributed by atoms with E-state index in [1.165, 1.54) is 25.7 Å². The van der Waals surface area contributed by atoms with Gasteiger partial charge in [-0.25, -0.2) is 0 Å². The van der Waals surface area contributed by atoms with Crippen molar-refractivity contribution >= 4 is 0 Å². The Kier molecular flexibility index (Phi) is 3.57. The van der Waals surface area contributed by atoms with E-state index >= 15 is 0 Å². The van der Waals surface area contributed by atoms with Crippen molar-refractivity contribution in [3.05, 3.63) is 0 Å². The zero-order valence-electron chi connectivity index (χ0n) is 8.73. The Morgan fingerprint density at radius 3 is 2.42 bits per heavy atom. The van der Waals surface area contributed by atoms with Crippen LogP contribution in [0.15, 0.2) is 0 Å². The SMILES string of the molecule is CCCC1(COCC(C)C)CC1. The highest BCUT2D eigenvalue weighted by Crippen LogP contribution is 2.49. The van der Waals surface area contributed by atoms with Crippen molar-refractivity contribution in [1.29, 1.82) is 0 Å². The Labute approximate surface area is 76.5 Å². The topological polar surface area (TPSA) is 9.23 Å². The second-order valence-electron chi connectivity index (χ2n) is 4.66. The van der Waals surface area contributed by atoms with Crippen LogP contribution in [-0.2, 0) is 4.74 Å². The van der Waals surface area contributed by atoms with Crippen molar-refractivity contribution in [2.45, 2.75) is 46.5 Å². The van der Waals surface area contributed by atoms with Gasteiger partial charge in [-0.1, -0.05) is 27.2 Å². The van der Waals surface area contributed by atoms with Crippen molar-refractivity contribution < 1.29 is 4.74 Å². The number of rotatable bonds is 6. The monoisotopic (exact) mass is 170 g/mol. The van der Waals surface area contributed by atoms with Crippen LogP contribution in [0.1, 0.15) is 46.5 Å². The molecule has 0 N–H and O–H groups in total. The molecule has 0 aliphatic heterocycles. The highest BCUT2D eigenvalue weighted by molar-refractivity contribution is 4.92. The van der Waals surface area contributed by atoms with Crippen molar-refractivity contribution in [2.24, 2.45) is 11.3 Å². The predicted octanol–water partition coefficient (Wildman–Crippen LogP) is 3.24. The molecule has 0 radical (unpaired) electrons. The van der Waals surface area contributed by atoms with Crippen LogP contribution in [0.2, 0.25) is 0 Å². The van der Waals surface area contributed by atoms with E-state index in [0.717, 1.165) is 13.2 Å². The van der Waals surface area contributed by atoms with Crippen LogP contribution in [0.25, 0.3) is 0 Å². The van der Waals surface area contributed by atoms with Gasteiger partial charge in [-0.3, -0.25) is 0 Å². The van der Waals surface area contributed by atoms with Crippen LogP contribution >= 0.6 is 0 Å². The highest BCUT2D eigenvalue weighted by atomic mass is 16.5. The minimum absolute atomic E-state index is 0.615. The molecule has 1 aliphatic rings.